The van der Waals surface area contributed by atoms with Crippen LogP contribution in [-0.4, -0.2) is 12.6 Å². The summed E-state index contributed by atoms with van der Waals surface area (Å²) in [6, 6.07) is 0.835. The monoisotopic (exact) mass is 165 g/mol. The van der Waals surface area contributed by atoms with Crippen molar-refractivity contribution in [1.29, 1.82) is 0 Å². The van der Waals surface area contributed by atoms with E-state index in [4.69, 9.17) is 0 Å². The molecule has 0 amide bonds. The molecule has 2 aliphatic carbocycles. The van der Waals surface area contributed by atoms with Gasteiger partial charge in [-0.1, -0.05) is 12.2 Å². The van der Waals surface area contributed by atoms with Crippen molar-refractivity contribution in [2.75, 3.05) is 6.54 Å². The highest BCUT2D eigenvalue weighted by atomic mass is 14.9. The molecule has 0 aromatic heterocycles. The van der Waals surface area contributed by atoms with E-state index in [-0.39, 0.29) is 0 Å². The van der Waals surface area contributed by atoms with Crippen molar-refractivity contribution in [2.24, 2.45) is 11.8 Å². The molecule has 1 nitrogen and oxygen atoms in total. The summed E-state index contributed by atoms with van der Waals surface area (Å²) in [5, 5.41) is 3.64. The lowest BCUT2D eigenvalue weighted by Crippen LogP contribution is -2.34. The average molecular weight is 165 g/mol. The Balaban J connectivity index is 1.76. The lowest BCUT2D eigenvalue weighted by atomic mass is 10.1. The molecule has 12 heavy (non-hydrogen) atoms. The Hall–Kier alpha value is -0.300. The maximum atomic E-state index is 3.92. The lowest BCUT2D eigenvalue weighted by molar-refractivity contribution is 0.432. The van der Waals surface area contributed by atoms with E-state index in [9.17, 15) is 0 Å². The molecule has 2 fully saturated rings. The van der Waals surface area contributed by atoms with Gasteiger partial charge in [-0.15, -0.1) is 0 Å². The van der Waals surface area contributed by atoms with Gasteiger partial charge < -0.3 is 5.32 Å². The molecule has 0 unspecified atom stereocenters. The number of rotatable bonds is 5. The fourth-order valence-electron chi connectivity index (χ4n) is 1.92. The summed E-state index contributed by atoms with van der Waals surface area (Å²) in [6.45, 7) is 7.05. The summed E-state index contributed by atoms with van der Waals surface area (Å²) in [4.78, 5) is 0. The maximum absolute atomic E-state index is 3.92. The second-order valence-electron chi connectivity index (χ2n) is 4.54. The third kappa shape index (κ3) is 2.10. The summed E-state index contributed by atoms with van der Waals surface area (Å²) in [5.74, 6) is 2.02. The SMILES string of the molecule is C=C(C)CNC(C1CC1)C1CC1. The van der Waals surface area contributed by atoms with Crippen LogP contribution in [-0.2, 0) is 0 Å². The van der Waals surface area contributed by atoms with E-state index < -0.39 is 0 Å². The molecule has 0 spiro atoms. The molecule has 0 heterocycles. The van der Waals surface area contributed by atoms with Gasteiger partial charge in [-0.3, -0.25) is 0 Å². The van der Waals surface area contributed by atoms with Crippen molar-refractivity contribution in [3.8, 4) is 0 Å². The van der Waals surface area contributed by atoms with E-state index in [1.165, 1.54) is 31.3 Å². The van der Waals surface area contributed by atoms with Crippen LogP contribution in [0.5, 0.6) is 0 Å². The van der Waals surface area contributed by atoms with Gasteiger partial charge in [0, 0.05) is 12.6 Å². The van der Waals surface area contributed by atoms with Gasteiger partial charge >= 0.3 is 0 Å². The number of nitrogens with one attached hydrogen (secondary N) is 1. The smallest absolute Gasteiger partial charge is 0.0161 e. The van der Waals surface area contributed by atoms with E-state index in [1.54, 1.807) is 0 Å². The minimum Gasteiger partial charge on any atom is -0.310 e. The van der Waals surface area contributed by atoms with Crippen LogP contribution in [0.3, 0.4) is 0 Å². The molecule has 2 aliphatic rings. The molecule has 0 saturated heterocycles. The first-order valence-electron chi connectivity index (χ1n) is 5.15. The average Bonchev–Trinajstić information content (AvgIpc) is 2.83. The van der Waals surface area contributed by atoms with Crippen molar-refractivity contribution < 1.29 is 0 Å². The van der Waals surface area contributed by atoms with Crippen LogP contribution < -0.4 is 5.32 Å². The zero-order chi connectivity index (χ0) is 8.55. The van der Waals surface area contributed by atoms with Crippen LogP contribution in [0.15, 0.2) is 12.2 Å². The van der Waals surface area contributed by atoms with E-state index in [1.807, 2.05) is 0 Å². The number of hydrogen-bond donors (Lipinski definition) is 1. The standard InChI is InChI=1S/C11H19N/c1-8(2)7-12-11(9-3-4-9)10-5-6-10/h9-12H,1,3-7H2,2H3. The maximum Gasteiger partial charge on any atom is 0.0161 e. The van der Waals surface area contributed by atoms with Crippen molar-refractivity contribution in [1.82, 2.24) is 5.32 Å². The molecule has 0 aromatic carbocycles. The Morgan fingerprint density at radius 3 is 2.17 bits per heavy atom. The highest BCUT2D eigenvalue weighted by molar-refractivity contribution is 5.00. The van der Waals surface area contributed by atoms with Crippen LogP contribution in [0.2, 0.25) is 0 Å². The molecule has 0 atom stereocenters. The van der Waals surface area contributed by atoms with Gasteiger partial charge in [-0.2, -0.15) is 0 Å². The first-order valence-corrected chi connectivity index (χ1v) is 5.15. The second-order valence-corrected chi connectivity index (χ2v) is 4.54. The largest absolute Gasteiger partial charge is 0.310 e. The molecule has 1 heteroatoms. The van der Waals surface area contributed by atoms with Crippen molar-refractivity contribution in [3.05, 3.63) is 12.2 Å². The Morgan fingerprint density at radius 1 is 1.33 bits per heavy atom. The quantitative estimate of drug-likeness (QED) is 0.617. The molecule has 0 aromatic rings. The second kappa shape index (κ2) is 3.21. The number of hydrogen-bond acceptors (Lipinski definition) is 1. The van der Waals surface area contributed by atoms with Gasteiger partial charge in [-0.25, -0.2) is 0 Å². The Kier molecular flexibility index (Phi) is 2.22. The zero-order valence-electron chi connectivity index (χ0n) is 7.97. The normalized spacial score (nSPS) is 23.2. The summed E-state index contributed by atoms with van der Waals surface area (Å²) < 4.78 is 0. The highest BCUT2D eigenvalue weighted by Crippen LogP contribution is 2.44. The Labute approximate surface area is 75.2 Å². The van der Waals surface area contributed by atoms with Gasteiger partial charge in [0.05, 0.1) is 0 Å². The van der Waals surface area contributed by atoms with Crippen LogP contribution in [0.1, 0.15) is 32.6 Å². The minimum absolute atomic E-state index is 0.835. The molecule has 0 aliphatic heterocycles. The van der Waals surface area contributed by atoms with Crippen molar-refractivity contribution >= 4 is 0 Å². The predicted octanol–water partition coefficient (Wildman–Crippen LogP) is 2.34. The van der Waals surface area contributed by atoms with Gasteiger partial charge in [0.2, 0.25) is 0 Å². The summed E-state index contributed by atoms with van der Waals surface area (Å²) in [5.41, 5.74) is 1.27. The Morgan fingerprint density at radius 2 is 1.83 bits per heavy atom. The summed E-state index contributed by atoms with van der Waals surface area (Å²) in [6.07, 6.45) is 5.85. The van der Waals surface area contributed by atoms with E-state index in [0.717, 1.165) is 24.4 Å². The third-order valence-electron chi connectivity index (χ3n) is 2.90. The van der Waals surface area contributed by atoms with Crippen LogP contribution in [0, 0.1) is 11.8 Å². The van der Waals surface area contributed by atoms with Gasteiger partial charge in [0.1, 0.15) is 0 Å². The molecule has 68 valence electrons. The van der Waals surface area contributed by atoms with Crippen LogP contribution in [0.4, 0.5) is 0 Å². The molecular weight excluding hydrogens is 146 g/mol. The Bertz CT molecular complexity index is 165. The lowest BCUT2D eigenvalue weighted by Gasteiger charge is -2.17. The predicted molar refractivity (Wildman–Crippen MR) is 52.1 cm³/mol. The van der Waals surface area contributed by atoms with Crippen molar-refractivity contribution in [2.45, 2.75) is 38.6 Å². The van der Waals surface area contributed by atoms with Crippen LogP contribution in [0.25, 0.3) is 0 Å². The van der Waals surface area contributed by atoms with E-state index in [2.05, 4.69) is 18.8 Å². The molecule has 2 saturated carbocycles. The molecule has 1 N–H and O–H groups in total. The van der Waals surface area contributed by atoms with Crippen LogP contribution >= 0.6 is 0 Å². The first-order chi connectivity index (χ1) is 5.77. The fraction of sp³-hybridized carbons (Fsp3) is 0.818. The topological polar surface area (TPSA) is 12.0 Å². The van der Waals surface area contributed by atoms with Gasteiger partial charge in [0.25, 0.3) is 0 Å². The summed E-state index contributed by atoms with van der Waals surface area (Å²) >= 11 is 0. The molecule has 0 bridgehead atoms. The van der Waals surface area contributed by atoms with E-state index in [0.29, 0.717) is 0 Å². The molecule has 2 rings (SSSR count). The summed E-state index contributed by atoms with van der Waals surface area (Å²) in [7, 11) is 0. The van der Waals surface area contributed by atoms with E-state index >= 15 is 0 Å². The third-order valence-corrected chi connectivity index (χ3v) is 2.90. The highest BCUT2D eigenvalue weighted by Gasteiger charge is 2.40. The minimum atomic E-state index is 0.835. The van der Waals surface area contributed by atoms with Gasteiger partial charge in [0.15, 0.2) is 0 Å². The molecule has 0 radical (unpaired) electrons. The molecular formula is C11H19N. The van der Waals surface area contributed by atoms with Crippen molar-refractivity contribution in [3.63, 3.8) is 0 Å². The van der Waals surface area contributed by atoms with Gasteiger partial charge in [-0.05, 0) is 44.4 Å². The first kappa shape index (κ1) is 8.31. The zero-order valence-corrected chi connectivity index (χ0v) is 7.97. The fourth-order valence-corrected chi connectivity index (χ4v) is 1.92.